The highest BCUT2D eigenvalue weighted by atomic mass is 16.6. The quantitative estimate of drug-likeness (QED) is 0.750. The molecule has 1 aromatic carbocycles. The molecule has 1 saturated carbocycles. The highest BCUT2D eigenvalue weighted by molar-refractivity contribution is 5.88. The van der Waals surface area contributed by atoms with Crippen LogP contribution >= 0.6 is 0 Å². The molecule has 1 aliphatic carbocycles. The second-order valence-corrected chi connectivity index (χ2v) is 8.46. The molecule has 5 nitrogen and oxygen atoms in total. The first-order chi connectivity index (χ1) is 13.0. The van der Waals surface area contributed by atoms with Gasteiger partial charge in [-0.2, -0.15) is 0 Å². The minimum Gasteiger partial charge on any atom is -0.458 e. The minimum absolute atomic E-state index is 0.128. The van der Waals surface area contributed by atoms with Gasteiger partial charge in [0, 0.05) is 31.9 Å². The molecule has 1 aromatic rings. The molecule has 5 heteroatoms. The van der Waals surface area contributed by atoms with Crippen LogP contribution in [-0.4, -0.2) is 48.6 Å². The Hall–Kier alpha value is -2.04. The number of nitrogens with zero attached hydrogens (tertiary/aromatic N) is 2. The Kier molecular flexibility index (Phi) is 4.87. The number of carbonyl (C=O) groups is 2. The molecule has 0 aromatic heterocycles. The number of anilines is 1. The minimum atomic E-state index is -0.517. The van der Waals surface area contributed by atoms with E-state index in [4.69, 9.17) is 4.74 Å². The zero-order valence-corrected chi connectivity index (χ0v) is 16.5. The standard InChI is InChI=1S/C22H30N2O3/c1-16-6-7-17(2)19(14-16)23-10-12-24(13-11-23)21(26)18-15-20(25)27-22(18)8-4-3-5-9-22/h6-7,14,18H,3-5,8-13,15H2,1-2H3. The SMILES string of the molecule is Cc1ccc(C)c(N2CCN(C(=O)C3CC(=O)OC34CCCCC4)CC2)c1. The van der Waals surface area contributed by atoms with Crippen LogP contribution in [0.1, 0.15) is 49.7 Å². The zero-order chi connectivity index (χ0) is 19.0. The number of esters is 1. The molecule has 1 amide bonds. The smallest absolute Gasteiger partial charge is 0.307 e. The molecule has 0 bridgehead atoms. The van der Waals surface area contributed by atoms with Gasteiger partial charge < -0.3 is 14.5 Å². The number of hydrogen-bond donors (Lipinski definition) is 0. The number of hydrogen-bond acceptors (Lipinski definition) is 4. The van der Waals surface area contributed by atoms with Gasteiger partial charge >= 0.3 is 5.97 Å². The number of aryl methyl sites for hydroxylation is 2. The van der Waals surface area contributed by atoms with Crippen molar-refractivity contribution in [2.75, 3.05) is 31.1 Å². The van der Waals surface area contributed by atoms with Crippen molar-refractivity contribution in [2.45, 2.75) is 58.0 Å². The van der Waals surface area contributed by atoms with Crippen LogP contribution in [0.3, 0.4) is 0 Å². The van der Waals surface area contributed by atoms with Crippen LogP contribution < -0.4 is 4.90 Å². The molecule has 3 fully saturated rings. The maximum absolute atomic E-state index is 13.3. The number of ether oxygens (including phenoxy) is 1. The van der Waals surface area contributed by atoms with E-state index in [2.05, 4.69) is 36.9 Å². The van der Waals surface area contributed by atoms with Crippen LogP contribution in [0.2, 0.25) is 0 Å². The molecule has 2 saturated heterocycles. The lowest BCUT2D eigenvalue weighted by molar-refractivity contribution is -0.155. The Balaban J connectivity index is 1.44. The van der Waals surface area contributed by atoms with Crippen LogP contribution in [-0.2, 0) is 14.3 Å². The van der Waals surface area contributed by atoms with E-state index in [0.29, 0.717) is 13.1 Å². The van der Waals surface area contributed by atoms with Gasteiger partial charge in [0.05, 0.1) is 12.3 Å². The third-order valence-corrected chi connectivity index (χ3v) is 6.62. The Labute approximate surface area is 161 Å². The zero-order valence-electron chi connectivity index (χ0n) is 16.5. The third-order valence-electron chi connectivity index (χ3n) is 6.62. The van der Waals surface area contributed by atoms with E-state index in [1.165, 1.54) is 23.2 Å². The predicted octanol–water partition coefficient (Wildman–Crippen LogP) is 3.22. The summed E-state index contributed by atoms with van der Waals surface area (Å²) in [5.41, 5.74) is 3.29. The summed E-state index contributed by atoms with van der Waals surface area (Å²) < 4.78 is 5.74. The first kappa shape index (κ1) is 18.3. The lowest BCUT2D eigenvalue weighted by Gasteiger charge is -2.41. The molecular weight excluding hydrogens is 340 g/mol. The first-order valence-corrected chi connectivity index (χ1v) is 10.3. The normalized spacial score (nSPS) is 25.0. The van der Waals surface area contributed by atoms with Gasteiger partial charge in [0.25, 0.3) is 0 Å². The number of piperazine rings is 1. The summed E-state index contributed by atoms with van der Waals surface area (Å²) >= 11 is 0. The van der Waals surface area contributed by atoms with Gasteiger partial charge in [-0.15, -0.1) is 0 Å². The fourth-order valence-electron chi connectivity index (χ4n) is 5.05. The van der Waals surface area contributed by atoms with Gasteiger partial charge in [0.15, 0.2) is 0 Å². The van der Waals surface area contributed by atoms with Crippen molar-refractivity contribution in [2.24, 2.45) is 5.92 Å². The summed E-state index contributed by atoms with van der Waals surface area (Å²) in [5, 5.41) is 0. The van der Waals surface area contributed by atoms with Crippen molar-refractivity contribution < 1.29 is 14.3 Å². The van der Waals surface area contributed by atoms with Crippen LogP contribution in [0.4, 0.5) is 5.69 Å². The topological polar surface area (TPSA) is 49.9 Å². The summed E-state index contributed by atoms with van der Waals surface area (Å²) in [6.45, 7) is 7.36. The van der Waals surface area contributed by atoms with E-state index >= 15 is 0 Å². The summed E-state index contributed by atoms with van der Waals surface area (Å²) in [5.74, 6) is -0.342. The van der Waals surface area contributed by atoms with Crippen molar-refractivity contribution in [1.29, 1.82) is 0 Å². The number of carbonyl (C=O) groups excluding carboxylic acids is 2. The van der Waals surface area contributed by atoms with Crippen LogP contribution in [0.15, 0.2) is 18.2 Å². The van der Waals surface area contributed by atoms with Gasteiger partial charge in [-0.3, -0.25) is 9.59 Å². The fourth-order valence-corrected chi connectivity index (χ4v) is 5.05. The van der Waals surface area contributed by atoms with Crippen molar-refractivity contribution in [1.82, 2.24) is 4.90 Å². The molecule has 3 aliphatic rings. The summed E-state index contributed by atoms with van der Waals surface area (Å²) in [4.78, 5) is 29.6. The van der Waals surface area contributed by atoms with Gasteiger partial charge in [-0.1, -0.05) is 18.6 Å². The average Bonchev–Trinajstić information content (AvgIpc) is 2.99. The summed E-state index contributed by atoms with van der Waals surface area (Å²) in [6, 6.07) is 6.53. The Morgan fingerprint density at radius 1 is 1.07 bits per heavy atom. The Morgan fingerprint density at radius 2 is 1.78 bits per heavy atom. The maximum Gasteiger partial charge on any atom is 0.307 e. The lowest BCUT2D eigenvalue weighted by atomic mass is 9.75. The number of amides is 1. The molecule has 2 aliphatic heterocycles. The van der Waals surface area contributed by atoms with E-state index in [1.54, 1.807) is 0 Å². The maximum atomic E-state index is 13.3. The van der Waals surface area contributed by atoms with E-state index in [1.807, 2.05) is 4.90 Å². The van der Waals surface area contributed by atoms with Gasteiger partial charge in [-0.05, 0) is 56.7 Å². The summed E-state index contributed by atoms with van der Waals surface area (Å²) in [7, 11) is 0. The molecule has 27 heavy (non-hydrogen) atoms. The van der Waals surface area contributed by atoms with Crippen molar-refractivity contribution in [3.63, 3.8) is 0 Å². The largest absolute Gasteiger partial charge is 0.458 e. The second kappa shape index (κ2) is 7.17. The number of benzene rings is 1. The first-order valence-electron chi connectivity index (χ1n) is 10.3. The van der Waals surface area contributed by atoms with E-state index in [9.17, 15) is 9.59 Å². The van der Waals surface area contributed by atoms with Crippen LogP contribution in [0.5, 0.6) is 0 Å². The third kappa shape index (κ3) is 3.44. The van der Waals surface area contributed by atoms with Crippen molar-refractivity contribution in [3.8, 4) is 0 Å². The Morgan fingerprint density at radius 3 is 2.48 bits per heavy atom. The Bertz CT molecular complexity index is 731. The average molecular weight is 370 g/mol. The molecule has 0 radical (unpaired) electrons. The molecular formula is C22H30N2O3. The predicted molar refractivity (Wildman–Crippen MR) is 105 cm³/mol. The van der Waals surface area contributed by atoms with Crippen LogP contribution in [0, 0.1) is 19.8 Å². The summed E-state index contributed by atoms with van der Waals surface area (Å²) in [6.07, 6.45) is 5.23. The van der Waals surface area contributed by atoms with Crippen molar-refractivity contribution >= 4 is 17.6 Å². The fraction of sp³-hybridized carbons (Fsp3) is 0.636. The van der Waals surface area contributed by atoms with Gasteiger partial charge in [-0.25, -0.2) is 0 Å². The monoisotopic (exact) mass is 370 g/mol. The van der Waals surface area contributed by atoms with E-state index < -0.39 is 5.60 Å². The number of rotatable bonds is 2. The van der Waals surface area contributed by atoms with Crippen molar-refractivity contribution in [3.05, 3.63) is 29.3 Å². The molecule has 1 unspecified atom stereocenters. The molecule has 146 valence electrons. The van der Waals surface area contributed by atoms with E-state index in [-0.39, 0.29) is 24.2 Å². The van der Waals surface area contributed by atoms with Crippen LogP contribution in [0.25, 0.3) is 0 Å². The van der Waals surface area contributed by atoms with Gasteiger partial charge in [0.2, 0.25) is 5.91 Å². The molecule has 4 rings (SSSR count). The molecule has 1 spiro atoms. The highest BCUT2D eigenvalue weighted by Crippen LogP contribution is 2.45. The lowest BCUT2D eigenvalue weighted by Crippen LogP contribution is -2.54. The van der Waals surface area contributed by atoms with E-state index in [0.717, 1.165) is 38.8 Å². The molecule has 2 heterocycles. The molecule has 0 N–H and O–H groups in total. The van der Waals surface area contributed by atoms with Gasteiger partial charge in [0.1, 0.15) is 5.60 Å². The highest BCUT2D eigenvalue weighted by Gasteiger charge is 2.53. The molecule has 1 atom stereocenters. The second-order valence-electron chi connectivity index (χ2n) is 8.46.